The summed E-state index contributed by atoms with van der Waals surface area (Å²) in [5.74, 6) is -3.31. The van der Waals surface area contributed by atoms with Gasteiger partial charge in [0.2, 0.25) is 0 Å². The molecule has 0 saturated heterocycles. The molecule has 1 amide bonds. The molecule has 0 unspecified atom stereocenters. The van der Waals surface area contributed by atoms with Gasteiger partial charge in [0.1, 0.15) is 11.4 Å². The van der Waals surface area contributed by atoms with Gasteiger partial charge in [-0.2, -0.15) is 13.2 Å². The predicted molar refractivity (Wildman–Crippen MR) is 88.6 cm³/mol. The Morgan fingerprint density at radius 3 is 2.32 bits per heavy atom. The summed E-state index contributed by atoms with van der Waals surface area (Å²) in [5, 5.41) is 0. The third-order valence-electron chi connectivity index (χ3n) is 3.42. The number of esters is 1. The van der Waals surface area contributed by atoms with E-state index in [1.54, 1.807) is 0 Å². The molecule has 2 rings (SSSR count). The molecule has 1 heterocycles. The molecule has 0 atom stereocenters. The number of nitrogens with zero attached hydrogens (tertiary/aromatic N) is 2. The number of aromatic nitrogens is 2. The summed E-state index contributed by atoms with van der Waals surface area (Å²) in [4.78, 5) is 30.3. The summed E-state index contributed by atoms with van der Waals surface area (Å²) >= 11 is 0. The first-order chi connectivity index (χ1) is 13.1. The number of hydrogen-bond acceptors (Lipinski definition) is 6. The molecule has 0 aliphatic heterocycles. The van der Waals surface area contributed by atoms with Crippen molar-refractivity contribution >= 4 is 17.4 Å². The molecule has 4 N–H and O–H groups in total. The van der Waals surface area contributed by atoms with Gasteiger partial charge in [-0.05, 0) is 23.3 Å². The van der Waals surface area contributed by atoms with Crippen molar-refractivity contribution in [2.45, 2.75) is 12.6 Å². The van der Waals surface area contributed by atoms with E-state index >= 15 is 0 Å². The van der Waals surface area contributed by atoms with Gasteiger partial charge in [0.15, 0.2) is 12.4 Å². The molecule has 0 saturated carbocycles. The van der Waals surface area contributed by atoms with Crippen LogP contribution in [-0.2, 0) is 26.9 Å². The quantitative estimate of drug-likeness (QED) is 0.433. The molecular weight excluding hydrogens is 384 g/mol. The Bertz CT molecular complexity index is 912. The zero-order valence-corrected chi connectivity index (χ0v) is 14.2. The molecule has 148 valence electrons. The number of primary amides is 1. The number of amides is 1. The maximum absolute atomic E-state index is 13.3. The molecule has 0 aliphatic rings. The fraction of sp³-hybridized carbons (Fsp3) is 0.176. The Hall–Kier alpha value is -3.50. The van der Waals surface area contributed by atoms with Crippen LogP contribution in [0.4, 0.5) is 17.6 Å². The number of alkyl halides is 3. The van der Waals surface area contributed by atoms with E-state index in [-0.39, 0.29) is 23.4 Å². The van der Waals surface area contributed by atoms with Crippen molar-refractivity contribution in [3.63, 3.8) is 0 Å². The largest absolute Gasteiger partial charge is 0.452 e. The van der Waals surface area contributed by atoms with Gasteiger partial charge in [0.25, 0.3) is 5.91 Å². The van der Waals surface area contributed by atoms with Gasteiger partial charge in [0.05, 0.1) is 5.56 Å². The second-order valence-electron chi connectivity index (χ2n) is 5.53. The molecule has 0 bridgehead atoms. The summed E-state index contributed by atoms with van der Waals surface area (Å²) in [7, 11) is 0. The molecular formula is C17H14F4N4O3. The number of carbonyl (C=O) groups excluding carboxylic acids is 2. The van der Waals surface area contributed by atoms with Crippen molar-refractivity contribution < 1.29 is 31.9 Å². The van der Waals surface area contributed by atoms with E-state index in [1.165, 1.54) is 18.5 Å². The standard InChI is InChI=1S/C17H14F4N4O3/c18-13-2-1-9(4-12(13)17(19,20)21)3-10-6-24-15(25-7-10)11(5-22)16(27)28-8-14(23)26/h1-2,4-7H,3,8,22H2,(H2,23,26)/b11-5+. The van der Waals surface area contributed by atoms with Crippen molar-refractivity contribution in [3.05, 3.63) is 65.1 Å². The van der Waals surface area contributed by atoms with Crippen molar-refractivity contribution in [1.29, 1.82) is 0 Å². The highest BCUT2D eigenvalue weighted by Gasteiger charge is 2.34. The highest BCUT2D eigenvalue weighted by atomic mass is 19.4. The van der Waals surface area contributed by atoms with E-state index in [2.05, 4.69) is 14.7 Å². The van der Waals surface area contributed by atoms with Crippen LogP contribution in [0, 0.1) is 5.82 Å². The maximum atomic E-state index is 13.3. The Kier molecular flexibility index (Phi) is 6.29. The van der Waals surface area contributed by atoms with Gasteiger partial charge in [-0.3, -0.25) is 4.79 Å². The normalized spacial score (nSPS) is 11.9. The smallest absolute Gasteiger partial charge is 0.419 e. The molecule has 1 aromatic heterocycles. The monoisotopic (exact) mass is 398 g/mol. The van der Waals surface area contributed by atoms with Crippen LogP contribution in [0.3, 0.4) is 0 Å². The minimum Gasteiger partial charge on any atom is -0.452 e. The summed E-state index contributed by atoms with van der Waals surface area (Å²) in [6.45, 7) is -0.652. The lowest BCUT2D eigenvalue weighted by atomic mass is 10.0. The zero-order valence-electron chi connectivity index (χ0n) is 14.2. The van der Waals surface area contributed by atoms with E-state index in [4.69, 9.17) is 11.5 Å². The van der Waals surface area contributed by atoms with E-state index in [1.807, 2.05) is 0 Å². The second kappa shape index (κ2) is 8.46. The van der Waals surface area contributed by atoms with E-state index in [0.717, 1.165) is 12.3 Å². The molecule has 7 nitrogen and oxygen atoms in total. The van der Waals surface area contributed by atoms with E-state index < -0.39 is 36.0 Å². The number of ether oxygens (including phenoxy) is 1. The van der Waals surface area contributed by atoms with Crippen LogP contribution >= 0.6 is 0 Å². The van der Waals surface area contributed by atoms with Crippen LogP contribution < -0.4 is 11.5 Å². The molecule has 0 aliphatic carbocycles. The minimum atomic E-state index is -4.81. The van der Waals surface area contributed by atoms with E-state index in [9.17, 15) is 27.2 Å². The van der Waals surface area contributed by atoms with Gasteiger partial charge in [-0.1, -0.05) is 6.07 Å². The van der Waals surface area contributed by atoms with Crippen LogP contribution in [0.15, 0.2) is 36.8 Å². The Morgan fingerprint density at radius 1 is 1.14 bits per heavy atom. The third kappa shape index (κ3) is 5.25. The molecule has 0 spiro atoms. The van der Waals surface area contributed by atoms with Crippen LogP contribution in [0.25, 0.3) is 5.57 Å². The fourth-order valence-corrected chi connectivity index (χ4v) is 2.17. The number of benzene rings is 1. The second-order valence-corrected chi connectivity index (χ2v) is 5.53. The SMILES string of the molecule is N/C=C(/C(=O)OCC(N)=O)c1ncc(Cc2ccc(F)c(C(F)(F)F)c2)cn1. The van der Waals surface area contributed by atoms with Crippen LogP contribution in [0.5, 0.6) is 0 Å². The van der Waals surface area contributed by atoms with Gasteiger partial charge < -0.3 is 16.2 Å². The average molecular weight is 398 g/mol. The molecule has 0 radical (unpaired) electrons. The van der Waals surface area contributed by atoms with Crippen LogP contribution in [0.2, 0.25) is 0 Å². The highest BCUT2D eigenvalue weighted by molar-refractivity contribution is 6.15. The summed E-state index contributed by atoms with van der Waals surface area (Å²) in [6.07, 6.45) is -1.40. The maximum Gasteiger partial charge on any atom is 0.419 e. The number of rotatable bonds is 6. The average Bonchev–Trinajstić information content (AvgIpc) is 2.62. The van der Waals surface area contributed by atoms with Crippen molar-refractivity contribution in [3.8, 4) is 0 Å². The van der Waals surface area contributed by atoms with Crippen molar-refractivity contribution in [1.82, 2.24) is 9.97 Å². The number of hydrogen-bond donors (Lipinski definition) is 2. The van der Waals surface area contributed by atoms with Crippen molar-refractivity contribution in [2.75, 3.05) is 6.61 Å². The lowest BCUT2D eigenvalue weighted by molar-refractivity contribution is -0.142. The first-order valence-electron chi connectivity index (χ1n) is 7.66. The van der Waals surface area contributed by atoms with Gasteiger partial charge >= 0.3 is 12.1 Å². The van der Waals surface area contributed by atoms with Gasteiger partial charge in [-0.15, -0.1) is 0 Å². The minimum absolute atomic E-state index is 0.00255. The van der Waals surface area contributed by atoms with Gasteiger partial charge in [0, 0.05) is 25.0 Å². The molecule has 11 heteroatoms. The highest BCUT2D eigenvalue weighted by Crippen LogP contribution is 2.32. The van der Waals surface area contributed by atoms with Crippen molar-refractivity contribution in [2.24, 2.45) is 11.5 Å². The van der Waals surface area contributed by atoms with Gasteiger partial charge in [-0.25, -0.2) is 19.2 Å². The summed E-state index contributed by atoms with van der Waals surface area (Å²) in [6, 6.07) is 2.65. The molecule has 1 aromatic carbocycles. The predicted octanol–water partition coefficient (Wildman–Crippen LogP) is 1.55. The molecule has 28 heavy (non-hydrogen) atoms. The Morgan fingerprint density at radius 2 is 1.79 bits per heavy atom. The van der Waals surface area contributed by atoms with E-state index in [0.29, 0.717) is 11.6 Å². The first-order valence-corrected chi connectivity index (χ1v) is 7.66. The summed E-state index contributed by atoms with van der Waals surface area (Å²) < 4.78 is 56.3. The number of carbonyl (C=O) groups is 2. The third-order valence-corrected chi connectivity index (χ3v) is 3.42. The zero-order chi connectivity index (χ0) is 20.9. The topological polar surface area (TPSA) is 121 Å². The summed E-state index contributed by atoms with van der Waals surface area (Å²) in [5.41, 5.74) is 9.22. The first kappa shape index (κ1) is 20.8. The number of halogens is 4. The fourth-order valence-electron chi connectivity index (χ4n) is 2.17. The molecule has 2 aromatic rings. The lowest BCUT2D eigenvalue weighted by Gasteiger charge is -2.10. The lowest BCUT2D eigenvalue weighted by Crippen LogP contribution is -2.22. The van der Waals surface area contributed by atoms with Crippen LogP contribution in [-0.4, -0.2) is 28.5 Å². The number of nitrogens with two attached hydrogens (primary N) is 2. The van der Waals surface area contributed by atoms with Crippen LogP contribution in [0.1, 0.15) is 22.5 Å². The Labute approximate surface area is 156 Å². The molecule has 0 fully saturated rings. The Balaban J connectivity index is 2.17.